The molecule has 1 aliphatic heterocycles. The standard InChI is InChI=1S/C10H20N2O2S.ClH/c1-8-10(3-2-6-11-8)12-15(13,14)7-9-4-5-9;/h8-12H,2-7H2,1H3;1H. The predicted octanol–water partition coefficient (Wildman–Crippen LogP) is 0.878. The van der Waals surface area contributed by atoms with Crippen LogP contribution < -0.4 is 10.0 Å². The first-order valence-electron chi connectivity index (χ1n) is 5.80. The van der Waals surface area contributed by atoms with Gasteiger partial charge >= 0.3 is 0 Å². The summed E-state index contributed by atoms with van der Waals surface area (Å²) in [6.07, 6.45) is 4.18. The van der Waals surface area contributed by atoms with Crippen molar-refractivity contribution in [2.24, 2.45) is 5.92 Å². The lowest BCUT2D eigenvalue weighted by Gasteiger charge is -2.30. The van der Waals surface area contributed by atoms with Gasteiger partial charge in [0.05, 0.1) is 5.75 Å². The maximum atomic E-state index is 11.8. The topological polar surface area (TPSA) is 58.2 Å². The van der Waals surface area contributed by atoms with E-state index in [9.17, 15) is 8.42 Å². The third-order valence-electron chi connectivity index (χ3n) is 3.24. The van der Waals surface area contributed by atoms with Crippen molar-refractivity contribution < 1.29 is 8.42 Å². The van der Waals surface area contributed by atoms with E-state index in [1.807, 2.05) is 6.92 Å². The molecule has 0 spiro atoms. The lowest BCUT2D eigenvalue weighted by Crippen LogP contribution is -2.52. The maximum Gasteiger partial charge on any atom is 0.212 e. The Balaban J connectivity index is 0.00000128. The zero-order valence-electron chi connectivity index (χ0n) is 9.61. The second-order valence-electron chi connectivity index (χ2n) is 4.83. The number of nitrogens with one attached hydrogen (secondary N) is 2. The predicted molar refractivity (Wildman–Crippen MR) is 67.4 cm³/mol. The molecule has 1 aliphatic carbocycles. The molecule has 16 heavy (non-hydrogen) atoms. The van der Waals surface area contributed by atoms with E-state index >= 15 is 0 Å². The SMILES string of the molecule is CC1NCCCC1NS(=O)(=O)CC1CC1.Cl. The summed E-state index contributed by atoms with van der Waals surface area (Å²) in [5.74, 6) is 0.755. The summed E-state index contributed by atoms with van der Waals surface area (Å²) in [5.41, 5.74) is 0. The van der Waals surface area contributed by atoms with Gasteiger partial charge in [0.25, 0.3) is 0 Å². The monoisotopic (exact) mass is 268 g/mol. The Morgan fingerprint density at radius 2 is 2.00 bits per heavy atom. The lowest BCUT2D eigenvalue weighted by atomic mass is 10.0. The molecular formula is C10H21ClN2O2S. The van der Waals surface area contributed by atoms with Gasteiger partial charge in [0.1, 0.15) is 0 Å². The molecular weight excluding hydrogens is 248 g/mol. The van der Waals surface area contributed by atoms with E-state index in [2.05, 4.69) is 10.0 Å². The highest BCUT2D eigenvalue weighted by Gasteiger charge is 2.31. The van der Waals surface area contributed by atoms with E-state index in [0.29, 0.717) is 11.7 Å². The molecule has 0 aromatic rings. The van der Waals surface area contributed by atoms with Crippen molar-refractivity contribution in [3.8, 4) is 0 Å². The van der Waals surface area contributed by atoms with Gasteiger partial charge < -0.3 is 5.32 Å². The molecule has 2 rings (SSSR count). The second-order valence-corrected chi connectivity index (χ2v) is 6.63. The molecule has 2 fully saturated rings. The molecule has 0 amide bonds. The lowest BCUT2D eigenvalue weighted by molar-refractivity contribution is 0.348. The molecule has 2 N–H and O–H groups in total. The van der Waals surface area contributed by atoms with Crippen molar-refractivity contribution in [3.05, 3.63) is 0 Å². The van der Waals surface area contributed by atoms with Gasteiger partial charge in [-0.2, -0.15) is 0 Å². The Hall–Kier alpha value is 0.160. The van der Waals surface area contributed by atoms with Gasteiger partial charge in [0.15, 0.2) is 0 Å². The van der Waals surface area contributed by atoms with Crippen LogP contribution in [0.25, 0.3) is 0 Å². The van der Waals surface area contributed by atoms with Gasteiger partial charge in [-0.3, -0.25) is 0 Å². The smallest absolute Gasteiger partial charge is 0.212 e. The van der Waals surface area contributed by atoms with Crippen LogP contribution in [0.15, 0.2) is 0 Å². The van der Waals surface area contributed by atoms with Gasteiger partial charge in [0, 0.05) is 12.1 Å². The molecule has 2 unspecified atom stereocenters. The van der Waals surface area contributed by atoms with Crippen LogP contribution in [0.5, 0.6) is 0 Å². The van der Waals surface area contributed by atoms with Gasteiger partial charge in [0.2, 0.25) is 10.0 Å². The highest BCUT2D eigenvalue weighted by atomic mass is 35.5. The molecule has 2 aliphatic rings. The van der Waals surface area contributed by atoms with E-state index in [4.69, 9.17) is 0 Å². The summed E-state index contributed by atoms with van der Waals surface area (Å²) in [7, 11) is -3.04. The first-order chi connectivity index (χ1) is 7.07. The van der Waals surface area contributed by atoms with Gasteiger partial charge in [-0.15, -0.1) is 12.4 Å². The zero-order valence-corrected chi connectivity index (χ0v) is 11.2. The third kappa shape index (κ3) is 4.20. The fraction of sp³-hybridized carbons (Fsp3) is 1.00. The van der Waals surface area contributed by atoms with E-state index in [-0.39, 0.29) is 24.5 Å². The zero-order chi connectivity index (χ0) is 10.9. The van der Waals surface area contributed by atoms with Crippen molar-refractivity contribution in [2.45, 2.75) is 44.7 Å². The van der Waals surface area contributed by atoms with Crippen molar-refractivity contribution in [2.75, 3.05) is 12.3 Å². The van der Waals surface area contributed by atoms with Crippen LogP contribution in [0, 0.1) is 5.92 Å². The molecule has 6 heteroatoms. The van der Waals surface area contributed by atoms with Gasteiger partial charge in [-0.25, -0.2) is 13.1 Å². The molecule has 1 saturated carbocycles. The molecule has 1 saturated heterocycles. The average Bonchev–Trinajstić information content (AvgIpc) is 2.91. The largest absolute Gasteiger partial charge is 0.313 e. The molecule has 4 nitrogen and oxygen atoms in total. The maximum absolute atomic E-state index is 11.8. The summed E-state index contributed by atoms with van der Waals surface area (Å²) in [4.78, 5) is 0. The molecule has 0 bridgehead atoms. The fourth-order valence-corrected chi connectivity index (χ4v) is 3.91. The van der Waals surface area contributed by atoms with Crippen molar-refractivity contribution in [1.29, 1.82) is 0 Å². The number of piperidine rings is 1. The number of hydrogen-bond acceptors (Lipinski definition) is 3. The Morgan fingerprint density at radius 3 is 2.56 bits per heavy atom. The summed E-state index contributed by atoms with van der Waals surface area (Å²) >= 11 is 0. The summed E-state index contributed by atoms with van der Waals surface area (Å²) in [6, 6.07) is 0.343. The van der Waals surface area contributed by atoms with E-state index in [0.717, 1.165) is 32.2 Å². The van der Waals surface area contributed by atoms with Crippen molar-refractivity contribution in [1.82, 2.24) is 10.0 Å². The van der Waals surface area contributed by atoms with Crippen LogP contribution in [0.4, 0.5) is 0 Å². The minimum Gasteiger partial charge on any atom is -0.313 e. The van der Waals surface area contributed by atoms with Gasteiger partial charge in [-0.05, 0) is 45.1 Å². The van der Waals surface area contributed by atoms with Crippen LogP contribution in [0.1, 0.15) is 32.6 Å². The summed E-state index contributed by atoms with van der Waals surface area (Å²) in [5, 5.41) is 3.30. The highest BCUT2D eigenvalue weighted by molar-refractivity contribution is 7.89. The van der Waals surface area contributed by atoms with Crippen molar-refractivity contribution in [3.63, 3.8) is 0 Å². The van der Waals surface area contributed by atoms with Crippen molar-refractivity contribution >= 4 is 22.4 Å². The summed E-state index contributed by atoms with van der Waals surface area (Å²) in [6.45, 7) is 3.05. The molecule has 96 valence electrons. The first kappa shape index (κ1) is 14.2. The molecule has 0 aromatic carbocycles. The Morgan fingerprint density at radius 1 is 1.31 bits per heavy atom. The average molecular weight is 269 g/mol. The number of sulfonamides is 1. The number of halogens is 1. The van der Waals surface area contributed by atoms with Gasteiger partial charge in [-0.1, -0.05) is 0 Å². The minimum absolute atomic E-state index is 0. The summed E-state index contributed by atoms with van der Waals surface area (Å²) < 4.78 is 26.3. The van der Waals surface area contributed by atoms with E-state index in [1.165, 1.54) is 0 Å². The number of rotatable bonds is 4. The normalized spacial score (nSPS) is 30.8. The quantitative estimate of drug-likeness (QED) is 0.796. The van der Waals surface area contributed by atoms with Crippen LogP contribution >= 0.6 is 12.4 Å². The highest BCUT2D eigenvalue weighted by Crippen LogP contribution is 2.30. The van der Waals surface area contributed by atoms with Crippen LogP contribution in [0.3, 0.4) is 0 Å². The molecule has 2 atom stereocenters. The van der Waals surface area contributed by atoms with E-state index < -0.39 is 10.0 Å². The Bertz CT molecular complexity index is 317. The van der Waals surface area contributed by atoms with Crippen LogP contribution in [0.2, 0.25) is 0 Å². The molecule has 0 radical (unpaired) electrons. The first-order valence-corrected chi connectivity index (χ1v) is 7.45. The fourth-order valence-electron chi connectivity index (χ4n) is 2.08. The number of hydrogen-bond donors (Lipinski definition) is 2. The Kier molecular flexibility index (Phi) is 5.04. The molecule has 0 aromatic heterocycles. The second kappa shape index (κ2) is 5.67. The minimum atomic E-state index is -3.04. The third-order valence-corrected chi connectivity index (χ3v) is 4.82. The van der Waals surface area contributed by atoms with E-state index in [1.54, 1.807) is 0 Å². The molecule has 1 heterocycles. The van der Waals surface area contributed by atoms with Crippen LogP contribution in [-0.2, 0) is 10.0 Å². The van der Waals surface area contributed by atoms with Crippen LogP contribution in [-0.4, -0.2) is 32.8 Å². The Labute approximate surface area is 104 Å².